The summed E-state index contributed by atoms with van der Waals surface area (Å²) in [5.41, 5.74) is 2.56. The highest BCUT2D eigenvalue weighted by molar-refractivity contribution is 5.88. The van der Waals surface area contributed by atoms with Crippen LogP contribution in [0.3, 0.4) is 0 Å². The predicted octanol–water partition coefficient (Wildman–Crippen LogP) is 3.60. The van der Waals surface area contributed by atoms with E-state index >= 15 is 0 Å². The molecule has 1 unspecified atom stereocenters. The fourth-order valence-corrected chi connectivity index (χ4v) is 3.77. The third-order valence-corrected chi connectivity index (χ3v) is 5.50. The van der Waals surface area contributed by atoms with Gasteiger partial charge in [0.05, 0.1) is 5.56 Å². The molecule has 1 aliphatic carbocycles. The third-order valence-electron chi connectivity index (χ3n) is 5.50. The average Bonchev–Trinajstić information content (AvgIpc) is 2.90. The fraction of sp³-hybridized carbons (Fsp3) is 0.579. The molecule has 1 amide bonds. The van der Waals surface area contributed by atoms with Crippen molar-refractivity contribution in [2.24, 2.45) is 11.3 Å². The van der Waals surface area contributed by atoms with Crippen molar-refractivity contribution in [3.63, 3.8) is 0 Å². The molecule has 0 aromatic heterocycles. The van der Waals surface area contributed by atoms with E-state index in [0.29, 0.717) is 30.4 Å². The van der Waals surface area contributed by atoms with E-state index in [2.05, 4.69) is 26.1 Å². The second kappa shape index (κ2) is 6.73. The van der Waals surface area contributed by atoms with Crippen LogP contribution in [0.15, 0.2) is 18.2 Å². The summed E-state index contributed by atoms with van der Waals surface area (Å²) in [6.45, 7) is 9.11. The average molecular weight is 317 g/mol. The van der Waals surface area contributed by atoms with Gasteiger partial charge in [0.25, 0.3) is 0 Å². The van der Waals surface area contributed by atoms with Crippen LogP contribution in [0.2, 0.25) is 0 Å². The molecule has 0 saturated carbocycles. The molecule has 2 N–H and O–H groups in total. The van der Waals surface area contributed by atoms with Crippen molar-refractivity contribution < 1.29 is 14.7 Å². The Hall–Kier alpha value is -1.84. The van der Waals surface area contributed by atoms with E-state index in [0.717, 1.165) is 18.4 Å². The number of carboxylic acids is 1. The van der Waals surface area contributed by atoms with Gasteiger partial charge in [-0.15, -0.1) is 0 Å². The van der Waals surface area contributed by atoms with E-state index < -0.39 is 5.97 Å². The Labute approximate surface area is 138 Å². The van der Waals surface area contributed by atoms with Crippen LogP contribution in [0.25, 0.3) is 0 Å². The summed E-state index contributed by atoms with van der Waals surface area (Å²) in [7, 11) is 0. The van der Waals surface area contributed by atoms with Gasteiger partial charge in [-0.25, -0.2) is 4.79 Å². The highest BCUT2D eigenvalue weighted by Crippen LogP contribution is 2.51. The van der Waals surface area contributed by atoms with Crippen molar-refractivity contribution in [3.05, 3.63) is 34.9 Å². The summed E-state index contributed by atoms with van der Waals surface area (Å²) in [6, 6.07) is 5.44. The zero-order valence-corrected chi connectivity index (χ0v) is 14.5. The van der Waals surface area contributed by atoms with Gasteiger partial charge < -0.3 is 10.4 Å². The number of benzene rings is 1. The number of nitrogens with one attached hydrogen (secondary N) is 1. The zero-order valence-electron chi connectivity index (χ0n) is 14.5. The maximum absolute atomic E-state index is 12.2. The minimum Gasteiger partial charge on any atom is -0.478 e. The monoisotopic (exact) mass is 317 g/mol. The van der Waals surface area contributed by atoms with E-state index in [4.69, 9.17) is 5.11 Å². The summed E-state index contributed by atoms with van der Waals surface area (Å²) in [4.78, 5) is 23.3. The van der Waals surface area contributed by atoms with Crippen molar-refractivity contribution >= 4 is 11.9 Å². The third kappa shape index (κ3) is 3.41. The molecule has 1 aromatic carbocycles. The number of aryl methyl sites for hydroxylation is 1. The highest BCUT2D eigenvalue weighted by atomic mass is 16.4. The van der Waals surface area contributed by atoms with Crippen LogP contribution in [-0.4, -0.2) is 23.5 Å². The van der Waals surface area contributed by atoms with Crippen LogP contribution in [0.4, 0.5) is 0 Å². The lowest BCUT2D eigenvalue weighted by molar-refractivity contribution is -0.124. The lowest BCUT2D eigenvalue weighted by Gasteiger charge is -2.39. The first-order valence-corrected chi connectivity index (χ1v) is 8.42. The van der Waals surface area contributed by atoms with E-state index in [9.17, 15) is 9.59 Å². The van der Waals surface area contributed by atoms with Crippen LogP contribution in [0.5, 0.6) is 0 Å². The van der Waals surface area contributed by atoms with E-state index in [1.165, 1.54) is 5.56 Å². The zero-order chi connectivity index (χ0) is 17.2. The quantitative estimate of drug-likeness (QED) is 0.842. The molecular weight excluding hydrogens is 290 g/mol. The predicted molar refractivity (Wildman–Crippen MR) is 90.7 cm³/mol. The van der Waals surface area contributed by atoms with Gasteiger partial charge in [-0.2, -0.15) is 0 Å². The van der Waals surface area contributed by atoms with Crippen molar-refractivity contribution in [1.82, 2.24) is 5.32 Å². The molecule has 0 spiro atoms. The summed E-state index contributed by atoms with van der Waals surface area (Å²) in [5.74, 6) is -0.132. The van der Waals surface area contributed by atoms with Gasteiger partial charge in [0.2, 0.25) is 5.91 Å². The summed E-state index contributed by atoms with van der Waals surface area (Å²) < 4.78 is 0. The number of rotatable bonds is 6. The Bertz CT molecular complexity index is 609. The van der Waals surface area contributed by atoms with Gasteiger partial charge in [0, 0.05) is 13.0 Å². The molecule has 4 heteroatoms. The molecule has 23 heavy (non-hydrogen) atoms. The SMILES string of the molecule is CCNC(=O)C[C@](C)(C(C)C)C1CCc2cc(C(=O)O)ccc21. The summed E-state index contributed by atoms with van der Waals surface area (Å²) >= 11 is 0. The first kappa shape index (κ1) is 17.5. The van der Waals surface area contributed by atoms with Crippen molar-refractivity contribution in [2.45, 2.75) is 52.9 Å². The normalized spacial score (nSPS) is 19.3. The maximum atomic E-state index is 12.2. The molecule has 0 aliphatic heterocycles. The van der Waals surface area contributed by atoms with Crippen molar-refractivity contribution in [3.8, 4) is 0 Å². The van der Waals surface area contributed by atoms with Crippen LogP contribution < -0.4 is 5.32 Å². The second-order valence-corrected chi connectivity index (χ2v) is 7.10. The molecule has 2 rings (SSSR count). The number of carbonyl (C=O) groups excluding carboxylic acids is 1. The number of fused-ring (bicyclic) bond motifs is 1. The Morgan fingerprint density at radius 3 is 2.65 bits per heavy atom. The number of hydrogen-bond donors (Lipinski definition) is 2. The first-order valence-electron chi connectivity index (χ1n) is 8.42. The number of carbonyl (C=O) groups is 2. The minimum absolute atomic E-state index is 0.0966. The minimum atomic E-state index is -0.884. The molecule has 0 bridgehead atoms. The number of hydrogen-bond acceptors (Lipinski definition) is 2. The molecular formula is C19H27NO3. The van der Waals surface area contributed by atoms with Gasteiger partial charge >= 0.3 is 5.97 Å². The molecule has 4 nitrogen and oxygen atoms in total. The van der Waals surface area contributed by atoms with Crippen LogP contribution >= 0.6 is 0 Å². The highest BCUT2D eigenvalue weighted by Gasteiger charge is 2.42. The fourth-order valence-electron chi connectivity index (χ4n) is 3.77. The topological polar surface area (TPSA) is 66.4 Å². The number of amides is 1. The smallest absolute Gasteiger partial charge is 0.335 e. The van der Waals surface area contributed by atoms with E-state index in [1.807, 2.05) is 13.0 Å². The largest absolute Gasteiger partial charge is 0.478 e. The Balaban J connectivity index is 2.33. The molecule has 1 aromatic rings. The Kier molecular flexibility index (Phi) is 5.12. The van der Waals surface area contributed by atoms with Gasteiger partial charge in [-0.05, 0) is 60.3 Å². The molecule has 1 aliphatic rings. The lowest BCUT2D eigenvalue weighted by Crippen LogP contribution is -2.37. The second-order valence-electron chi connectivity index (χ2n) is 7.10. The summed E-state index contributed by atoms with van der Waals surface area (Å²) in [6.07, 6.45) is 2.37. The molecule has 126 valence electrons. The molecule has 0 saturated heterocycles. The van der Waals surface area contributed by atoms with Crippen molar-refractivity contribution in [2.75, 3.05) is 6.54 Å². The van der Waals surface area contributed by atoms with Gasteiger partial charge in [-0.1, -0.05) is 26.8 Å². The number of carboxylic acid groups (broad SMARTS) is 1. The Morgan fingerprint density at radius 1 is 1.39 bits per heavy atom. The van der Waals surface area contributed by atoms with Crippen LogP contribution in [0, 0.1) is 11.3 Å². The molecule has 2 atom stereocenters. The maximum Gasteiger partial charge on any atom is 0.335 e. The first-order chi connectivity index (χ1) is 10.8. The number of aromatic carboxylic acids is 1. The van der Waals surface area contributed by atoms with Gasteiger partial charge in [0.15, 0.2) is 0 Å². The standard InChI is InChI=1S/C19H27NO3/c1-5-20-17(21)11-19(4,12(2)3)16-9-7-13-10-14(18(22)23)6-8-15(13)16/h6,8,10,12,16H,5,7,9,11H2,1-4H3,(H,20,21)(H,22,23)/t16?,19-/m1/s1. The van der Waals surface area contributed by atoms with Gasteiger partial charge in [-0.3, -0.25) is 4.79 Å². The van der Waals surface area contributed by atoms with Gasteiger partial charge in [0.1, 0.15) is 0 Å². The van der Waals surface area contributed by atoms with E-state index in [-0.39, 0.29) is 11.3 Å². The molecule has 0 heterocycles. The van der Waals surface area contributed by atoms with E-state index in [1.54, 1.807) is 12.1 Å². The van der Waals surface area contributed by atoms with Crippen LogP contribution in [-0.2, 0) is 11.2 Å². The van der Waals surface area contributed by atoms with Crippen LogP contribution in [0.1, 0.15) is 67.9 Å². The lowest BCUT2D eigenvalue weighted by atomic mass is 9.65. The summed E-state index contributed by atoms with van der Waals surface area (Å²) in [5, 5.41) is 12.1. The molecule has 0 radical (unpaired) electrons. The molecule has 0 fully saturated rings. The Morgan fingerprint density at radius 2 is 2.09 bits per heavy atom. The van der Waals surface area contributed by atoms with Crippen molar-refractivity contribution in [1.29, 1.82) is 0 Å².